The summed E-state index contributed by atoms with van der Waals surface area (Å²) in [4.78, 5) is 51.9. The maximum atomic E-state index is 13.1. The number of anilines is 1. The second-order valence-corrected chi connectivity index (χ2v) is 18.7. The van der Waals surface area contributed by atoms with E-state index >= 15 is 0 Å². The van der Waals surface area contributed by atoms with Gasteiger partial charge in [-0.1, -0.05) is 161 Å². The third-order valence-electron chi connectivity index (χ3n) is 12.6. The lowest BCUT2D eigenvalue weighted by atomic mass is 10.1. The highest BCUT2D eigenvalue weighted by atomic mass is 16.5. The topological polar surface area (TPSA) is 126 Å². The lowest BCUT2D eigenvalue weighted by Gasteiger charge is -2.10. The van der Waals surface area contributed by atoms with Crippen molar-refractivity contribution in [3.63, 3.8) is 0 Å². The second kappa shape index (κ2) is 34.0. The molecule has 0 saturated carbocycles. The first-order chi connectivity index (χ1) is 35.3. The summed E-state index contributed by atoms with van der Waals surface area (Å²) in [5.74, 6) is 0.249. The smallest absolute Gasteiger partial charge is 0.343 e. The van der Waals surface area contributed by atoms with E-state index in [0.717, 1.165) is 37.2 Å². The molecule has 1 amide bonds. The van der Waals surface area contributed by atoms with E-state index in [2.05, 4.69) is 19.2 Å². The number of amides is 1. The molecule has 0 aromatic heterocycles. The van der Waals surface area contributed by atoms with E-state index in [9.17, 15) is 19.2 Å². The molecule has 10 nitrogen and oxygen atoms in total. The van der Waals surface area contributed by atoms with Crippen LogP contribution in [0, 0.1) is 0 Å². The van der Waals surface area contributed by atoms with Crippen LogP contribution in [-0.2, 0) is 0 Å². The van der Waals surface area contributed by atoms with E-state index < -0.39 is 23.8 Å². The molecule has 5 aromatic rings. The molecular weight excluding hydrogens is 903 g/mol. The van der Waals surface area contributed by atoms with Gasteiger partial charge in [-0.25, -0.2) is 14.4 Å². The first-order valence-electron chi connectivity index (χ1n) is 27.0. The maximum absolute atomic E-state index is 13.1. The number of unbranched alkanes of at least 4 members (excludes halogenated alkanes) is 22. The fraction of sp³-hybridized carbons (Fsp3) is 0.452. The summed E-state index contributed by atoms with van der Waals surface area (Å²) in [7, 11) is 0. The van der Waals surface area contributed by atoms with Gasteiger partial charge in [-0.3, -0.25) is 4.79 Å². The molecule has 0 aliphatic carbocycles. The summed E-state index contributed by atoms with van der Waals surface area (Å²) in [5, 5.41) is 2.80. The zero-order valence-corrected chi connectivity index (χ0v) is 43.1. The standard InChI is InChI=1S/C62H79NO9/c1-3-5-7-9-11-13-15-17-19-21-23-25-46-68-54-38-42-56(43-39-54)70-60(65)50-32-30-49(31-33-50)59(64)63-53-28-27-29-58(48-53)72-62(67)52-36-34-51(35-37-52)61(66)71-57-44-40-55(41-45-57)69-47-26-24-22-20-18-16-14-12-10-8-6-4-2/h27-45,48H,3-26,46-47H2,1-2H3,(H,63,64). The molecule has 5 aromatic carbocycles. The van der Waals surface area contributed by atoms with Gasteiger partial charge in [0, 0.05) is 17.3 Å². The molecule has 0 bridgehead atoms. The van der Waals surface area contributed by atoms with E-state index in [0.29, 0.717) is 36.0 Å². The summed E-state index contributed by atoms with van der Waals surface area (Å²) < 4.78 is 28.5. The summed E-state index contributed by atoms with van der Waals surface area (Å²) in [6, 6.07) is 32.5. The zero-order chi connectivity index (χ0) is 50.9. The lowest BCUT2D eigenvalue weighted by molar-refractivity contribution is 0.0720. The summed E-state index contributed by atoms with van der Waals surface area (Å²) in [6.45, 7) is 5.82. The summed E-state index contributed by atoms with van der Waals surface area (Å²) >= 11 is 0. The third-order valence-corrected chi connectivity index (χ3v) is 12.6. The molecule has 386 valence electrons. The van der Waals surface area contributed by atoms with E-state index in [4.69, 9.17) is 23.7 Å². The van der Waals surface area contributed by atoms with E-state index in [1.165, 1.54) is 183 Å². The predicted molar refractivity (Wildman–Crippen MR) is 288 cm³/mol. The van der Waals surface area contributed by atoms with Gasteiger partial charge in [0.2, 0.25) is 0 Å². The Morgan fingerprint density at radius 2 is 0.639 bits per heavy atom. The third kappa shape index (κ3) is 22.3. The maximum Gasteiger partial charge on any atom is 0.343 e. The van der Waals surface area contributed by atoms with Crippen LogP contribution in [0.15, 0.2) is 121 Å². The molecule has 0 aliphatic heterocycles. The summed E-state index contributed by atoms with van der Waals surface area (Å²) in [5.41, 5.74) is 1.49. The Morgan fingerprint density at radius 1 is 0.333 bits per heavy atom. The Balaban J connectivity index is 0.948. The number of hydrogen-bond acceptors (Lipinski definition) is 9. The Labute approximate surface area is 429 Å². The van der Waals surface area contributed by atoms with Gasteiger partial charge in [0.1, 0.15) is 28.7 Å². The Hall–Kier alpha value is -6.42. The molecule has 10 heteroatoms. The summed E-state index contributed by atoms with van der Waals surface area (Å²) in [6.07, 6.45) is 31.0. The molecule has 0 saturated heterocycles. The highest BCUT2D eigenvalue weighted by Crippen LogP contribution is 2.24. The molecule has 72 heavy (non-hydrogen) atoms. The van der Waals surface area contributed by atoms with Crippen LogP contribution < -0.4 is 29.0 Å². The van der Waals surface area contributed by atoms with Crippen LogP contribution in [0.4, 0.5) is 5.69 Å². The molecule has 0 fully saturated rings. The van der Waals surface area contributed by atoms with Crippen molar-refractivity contribution in [2.45, 2.75) is 168 Å². The number of ether oxygens (including phenoxy) is 5. The number of carbonyl (C=O) groups excluding carboxylic acids is 4. The monoisotopic (exact) mass is 982 g/mol. The highest BCUT2D eigenvalue weighted by molar-refractivity contribution is 6.05. The minimum Gasteiger partial charge on any atom is -0.494 e. The van der Waals surface area contributed by atoms with Crippen molar-refractivity contribution in [1.29, 1.82) is 0 Å². The lowest BCUT2D eigenvalue weighted by Crippen LogP contribution is -2.14. The number of rotatable bonds is 36. The first kappa shape index (κ1) is 56.5. The van der Waals surface area contributed by atoms with Crippen molar-refractivity contribution in [3.05, 3.63) is 144 Å². The Kier molecular flexibility index (Phi) is 26.7. The van der Waals surface area contributed by atoms with Gasteiger partial charge in [-0.2, -0.15) is 0 Å². The fourth-order valence-corrected chi connectivity index (χ4v) is 8.31. The van der Waals surface area contributed by atoms with Gasteiger partial charge >= 0.3 is 17.9 Å². The Morgan fingerprint density at radius 3 is 1.00 bits per heavy atom. The quantitative estimate of drug-likeness (QED) is 0.0237. The van der Waals surface area contributed by atoms with Gasteiger partial charge in [0.05, 0.1) is 29.9 Å². The SMILES string of the molecule is CCCCCCCCCCCCCCOc1ccc(OC(=O)c2ccc(C(=O)Nc3cccc(OC(=O)c4ccc(C(=O)Oc5ccc(OCCCCCCCCCCCCCC)cc5)cc4)c3)cc2)cc1. The van der Waals surface area contributed by atoms with Crippen molar-refractivity contribution in [2.24, 2.45) is 0 Å². The molecule has 0 radical (unpaired) electrons. The van der Waals surface area contributed by atoms with Crippen LogP contribution in [0.5, 0.6) is 28.7 Å². The number of hydrogen-bond donors (Lipinski definition) is 1. The average Bonchev–Trinajstić information content (AvgIpc) is 3.40. The van der Waals surface area contributed by atoms with Gasteiger partial charge in [-0.15, -0.1) is 0 Å². The van der Waals surface area contributed by atoms with Gasteiger partial charge < -0.3 is 29.0 Å². The minimum atomic E-state index is -0.644. The predicted octanol–water partition coefficient (Wildman–Crippen LogP) is 16.8. The molecule has 0 heterocycles. The van der Waals surface area contributed by atoms with Crippen molar-refractivity contribution in [3.8, 4) is 28.7 Å². The van der Waals surface area contributed by atoms with Crippen LogP contribution in [0.2, 0.25) is 0 Å². The van der Waals surface area contributed by atoms with E-state index in [1.54, 1.807) is 66.7 Å². The van der Waals surface area contributed by atoms with Crippen molar-refractivity contribution < 1.29 is 42.9 Å². The molecule has 0 atom stereocenters. The number of benzene rings is 5. The molecule has 5 rings (SSSR count). The van der Waals surface area contributed by atoms with Crippen LogP contribution >= 0.6 is 0 Å². The highest BCUT2D eigenvalue weighted by Gasteiger charge is 2.15. The Bertz CT molecular complexity index is 2150. The van der Waals surface area contributed by atoms with Crippen LogP contribution in [0.25, 0.3) is 0 Å². The second-order valence-electron chi connectivity index (χ2n) is 18.7. The largest absolute Gasteiger partial charge is 0.494 e. The average molecular weight is 982 g/mol. The molecule has 0 spiro atoms. The minimum absolute atomic E-state index is 0.208. The number of nitrogens with one attached hydrogen (secondary N) is 1. The van der Waals surface area contributed by atoms with Crippen molar-refractivity contribution >= 4 is 29.5 Å². The van der Waals surface area contributed by atoms with Gasteiger partial charge in [-0.05, 0) is 122 Å². The van der Waals surface area contributed by atoms with Gasteiger partial charge in [0.15, 0.2) is 0 Å². The van der Waals surface area contributed by atoms with Crippen molar-refractivity contribution in [2.75, 3.05) is 18.5 Å². The van der Waals surface area contributed by atoms with Crippen LogP contribution in [-0.4, -0.2) is 37.0 Å². The van der Waals surface area contributed by atoms with E-state index in [-0.39, 0.29) is 22.4 Å². The van der Waals surface area contributed by atoms with E-state index in [1.807, 2.05) is 0 Å². The molecule has 1 N–H and O–H groups in total. The zero-order valence-electron chi connectivity index (χ0n) is 43.1. The van der Waals surface area contributed by atoms with Crippen molar-refractivity contribution in [1.82, 2.24) is 0 Å². The number of esters is 3. The molecule has 0 unspecified atom stereocenters. The molecule has 0 aliphatic rings. The first-order valence-corrected chi connectivity index (χ1v) is 27.0. The number of carbonyl (C=O) groups is 4. The normalized spacial score (nSPS) is 10.9. The fourth-order valence-electron chi connectivity index (χ4n) is 8.31. The van der Waals surface area contributed by atoms with Crippen LogP contribution in [0.1, 0.15) is 209 Å². The van der Waals surface area contributed by atoms with Crippen LogP contribution in [0.3, 0.4) is 0 Å². The van der Waals surface area contributed by atoms with Gasteiger partial charge in [0.25, 0.3) is 5.91 Å². The molecular formula is C62H79NO9.